The van der Waals surface area contributed by atoms with Crippen LogP contribution in [-0.4, -0.2) is 78.2 Å². The molecule has 49 heavy (non-hydrogen) atoms. The van der Waals surface area contributed by atoms with E-state index in [-0.39, 0.29) is 35.0 Å². The van der Waals surface area contributed by atoms with Crippen molar-refractivity contribution in [1.82, 2.24) is 19.4 Å². The fourth-order valence-electron chi connectivity index (χ4n) is 6.99. The molecule has 2 aromatic heterocycles. The molecule has 1 aliphatic carbocycles. The van der Waals surface area contributed by atoms with E-state index in [2.05, 4.69) is 33.6 Å². The molecule has 0 bridgehead atoms. The molecule has 13 heteroatoms. The van der Waals surface area contributed by atoms with Gasteiger partial charge in [0, 0.05) is 75.4 Å². The van der Waals surface area contributed by atoms with E-state index < -0.39 is 11.8 Å². The van der Waals surface area contributed by atoms with Crippen LogP contribution < -0.4 is 26.5 Å². The van der Waals surface area contributed by atoms with Crippen molar-refractivity contribution < 1.29 is 28.4 Å². The van der Waals surface area contributed by atoms with Crippen LogP contribution in [0.1, 0.15) is 48.1 Å². The van der Waals surface area contributed by atoms with Gasteiger partial charge in [-0.05, 0) is 60.7 Å². The molecule has 2 aliphatic heterocycles. The predicted octanol–water partition coefficient (Wildman–Crippen LogP) is 1.34. The van der Waals surface area contributed by atoms with Crippen molar-refractivity contribution in [2.24, 2.45) is 18.2 Å². The van der Waals surface area contributed by atoms with Gasteiger partial charge in [0.15, 0.2) is 5.69 Å². The Morgan fingerprint density at radius 3 is 2.63 bits per heavy atom. The average Bonchev–Trinajstić information content (AvgIpc) is 3.49. The lowest BCUT2D eigenvalue weighted by Gasteiger charge is -2.34. The number of rotatable bonds is 10. The van der Waals surface area contributed by atoms with Crippen molar-refractivity contribution >= 4 is 29.1 Å². The number of hydrogen-bond acceptors (Lipinski definition) is 7. The van der Waals surface area contributed by atoms with E-state index in [4.69, 9.17) is 15.2 Å². The normalized spacial score (nSPS) is 17.6. The Labute approximate surface area is 285 Å². The summed E-state index contributed by atoms with van der Waals surface area (Å²) in [6.45, 7) is 8.36. The molecule has 0 atom stereocenters. The van der Waals surface area contributed by atoms with Crippen molar-refractivity contribution in [3.8, 4) is 11.1 Å². The molecular weight excluding hydrogens is 629 g/mol. The van der Waals surface area contributed by atoms with Gasteiger partial charge in [-0.25, -0.2) is 9.38 Å². The highest BCUT2D eigenvalue weighted by Crippen LogP contribution is 2.41. The summed E-state index contributed by atoms with van der Waals surface area (Å²) < 4.78 is 29.8. The second kappa shape index (κ2) is 13.3. The topological polar surface area (TPSA) is 138 Å². The summed E-state index contributed by atoms with van der Waals surface area (Å²) in [5.74, 6) is -1.11. The third-order valence-corrected chi connectivity index (χ3v) is 9.61. The molecule has 0 radical (unpaired) electrons. The van der Waals surface area contributed by atoms with Gasteiger partial charge in [-0.3, -0.25) is 25.0 Å². The monoisotopic (exact) mass is 674 g/mol. The second-order valence-corrected chi connectivity index (χ2v) is 14.0. The average molecular weight is 675 g/mol. The van der Waals surface area contributed by atoms with Gasteiger partial charge in [0.2, 0.25) is 0 Å². The maximum atomic E-state index is 15.6. The van der Waals surface area contributed by atoms with E-state index >= 15 is 4.39 Å². The van der Waals surface area contributed by atoms with Crippen LogP contribution >= 0.6 is 0 Å². The van der Waals surface area contributed by atoms with E-state index in [1.807, 2.05) is 13.1 Å². The summed E-state index contributed by atoms with van der Waals surface area (Å²) in [6.07, 6.45) is 5.09. The van der Waals surface area contributed by atoms with Crippen LogP contribution in [-0.2, 0) is 47.3 Å². The lowest BCUT2D eigenvalue weighted by molar-refractivity contribution is -0.355. The number of nitrogens with one attached hydrogen (secondary N) is 2. The number of anilines is 1. The quantitative estimate of drug-likeness (QED) is 0.167. The van der Waals surface area contributed by atoms with Crippen LogP contribution in [0.25, 0.3) is 11.1 Å². The summed E-state index contributed by atoms with van der Waals surface area (Å²) >= 11 is 0. The fourth-order valence-corrected chi connectivity index (χ4v) is 6.99. The van der Waals surface area contributed by atoms with E-state index in [9.17, 15) is 14.4 Å². The second-order valence-electron chi connectivity index (χ2n) is 14.0. The van der Waals surface area contributed by atoms with Crippen LogP contribution in [0.3, 0.4) is 0 Å². The number of esters is 1. The molecular formula is C36H45FN7O5+. The van der Waals surface area contributed by atoms with Gasteiger partial charge in [-0.1, -0.05) is 13.8 Å². The summed E-state index contributed by atoms with van der Waals surface area (Å²) in [5.41, 5.74) is 11.7. The smallest absolute Gasteiger partial charge is 0.302 e. The predicted molar refractivity (Wildman–Crippen MR) is 184 cm³/mol. The Balaban J connectivity index is 1.38. The highest BCUT2D eigenvalue weighted by Gasteiger charge is 2.37. The number of carbonyl (C=O) groups excluding carboxylic acids is 2. The summed E-state index contributed by atoms with van der Waals surface area (Å²) in [5, 5.41) is 3.15. The number of carbonyl (C=O) groups is 2. The molecule has 1 saturated heterocycles. The minimum Gasteiger partial charge on any atom is -0.461 e. The number of ether oxygens (including phenoxy) is 2. The minimum absolute atomic E-state index is 0.140. The number of halogens is 1. The van der Waals surface area contributed by atoms with Gasteiger partial charge in [-0.15, -0.1) is 0 Å². The van der Waals surface area contributed by atoms with Gasteiger partial charge in [-0.2, -0.15) is 0 Å². The van der Waals surface area contributed by atoms with Crippen LogP contribution in [0, 0.1) is 11.2 Å². The largest absolute Gasteiger partial charge is 0.461 e. The molecule has 1 fully saturated rings. The number of nitrogens with zero attached hydrogens (tertiary/aromatic N) is 4. The maximum Gasteiger partial charge on any atom is 0.302 e. The molecule has 3 aromatic rings. The van der Waals surface area contributed by atoms with Gasteiger partial charge in [0.05, 0.1) is 24.9 Å². The van der Waals surface area contributed by atoms with Gasteiger partial charge < -0.3 is 28.8 Å². The van der Waals surface area contributed by atoms with Gasteiger partial charge in [0.1, 0.15) is 18.1 Å². The molecule has 1 amide bonds. The first-order valence-electron chi connectivity index (χ1n) is 16.5. The summed E-state index contributed by atoms with van der Waals surface area (Å²) in [4.78, 5) is 46.1. The Morgan fingerprint density at radius 1 is 1.20 bits per heavy atom. The number of aryl methyl sites for hydroxylation is 1. The maximum absolute atomic E-state index is 15.6. The van der Waals surface area contributed by atoms with Crippen molar-refractivity contribution in [2.45, 2.75) is 52.8 Å². The Bertz CT molecular complexity index is 1940. The molecule has 6 rings (SSSR count). The van der Waals surface area contributed by atoms with E-state index in [0.717, 1.165) is 18.5 Å². The SMILES string of the molecule is CN/C(=C\C(N)=[NH+]c1cc(-c2cc(F)cc(N3CCn4c(cc5c4CC(C)(C)C5)C3=O)c2COC(C)=O)cn(C)c1=O)CN(C)C1COC1. The number of fused-ring (bicyclic) bond motifs is 3. The van der Waals surface area contributed by atoms with Crippen molar-refractivity contribution in [2.75, 3.05) is 45.3 Å². The lowest BCUT2D eigenvalue weighted by atomic mass is 9.90. The molecule has 4 heterocycles. The molecule has 0 unspecified atom stereocenters. The number of benzene rings is 1. The number of amidine groups is 1. The number of likely N-dealkylation sites (N-methyl/N-ethyl adjacent to an activating group) is 2. The van der Waals surface area contributed by atoms with Crippen LogP contribution in [0.4, 0.5) is 15.8 Å². The van der Waals surface area contributed by atoms with Gasteiger partial charge >= 0.3 is 5.97 Å². The number of nitrogens with two attached hydrogens (primary N) is 1. The van der Waals surface area contributed by atoms with Gasteiger partial charge in [0.25, 0.3) is 17.3 Å². The first-order valence-corrected chi connectivity index (χ1v) is 16.5. The Kier molecular flexibility index (Phi) is 9.25. The summed E-state index contributed by atoms with van der Waals surface area (Å²) in [7, 11) is 5.39. The Hall–Kier alpha value is -4.75. The van der Waals surface area contributed by atoms with Crippen LogP contribution in [0.2, 0.25) is 0 Å². The minimum atomic E-state index is -0.577. The summed E-state index contributed by atoms with van der Waals surface area (Å²) in [6, 6.07) is 6.51. The van der Waals surface area contributed by atoms with Crippen molar-refractivity contribution in [1.29, 1.82) is 0 Å². The van der Waals surface area contributed by atoms with Crippen molar-refractivity contribution in [3.05, 3.63) is 80.9 Å². The molecule has 3 aliphatic rings. The zero-order valence-corrected chi connectivity index (χ0v) is 29.0. The highest BCUT2D eigenvalue weighted by molar-refractivity contribution is 6.07. The fraction of sp³-hybridized carbons (Fsp3) is 0.444. The molecule has 0 spiro atoms. The number of aromatic nitrogens is 2. The highest BCUT2D eigenvalue weighted by atomic mass is 19.1. The zero-order chi connectivity index (χ0) is 35.2. The zero-order valence-electron chi connectivity index (χ0n) is 29.0. The van der Waals surface area contributed by atoms with E-state index in [1.165, 1.54) is 34.9 Å². The molecule has 4 N–H and O–H groups in total. The first-order chi connectivity index (χ1) is 23.2. The number of hydrogen-bond donors (Lipinski definition) is 3. The van der Waals surface area contributed by atoms with Crippen LogP contribution in [0.5, 0.6) is 0 Å². The lowest BCUT2D eigenvalue weighted by Crippen LogP contribution is -2.71. The molecule has 1 aromatic carbocycles. The van der Waals surface area contributed by atoms with Crippen LogP contribution in [0.15, 0.2) is 47.0 Å². The van der Waals surface area contributed by atoms with E-state index in [1.54, 1.807) is 37.3 Å². The molecule has 260 valence electrons. The van der Waals surface area contributed by atoms with E-state index in [0.29, 0.717) is 67.0 Å². The third kappa shape index (κ3) is 6.90. The van der Waals surface area contributed by atoms with Crippen molar-refractivity contribution in [3.63, 3.8) is 0 Å². The molecule has 12 nitrogen and oxygen atoms in total. The number of amides is 1. The first kappa shape index (κ1) is 34.1. The Morgan fingerprint density at radius 2 is 1.96 bits per heavy atom. The standard InChI is InChI=1S/C36H44FN7O5/c1-21(45)49-20-28-27(11-24(37)12-30(28)44-8-7-43-31(35(44)47)10-22-14-36(2,3)15-32(22)43)23-9-29(34(46)42(6)16-23)40-33(38)13-25(39-4)17-41(5)26-18-48-19-26/h9-13,16,26,39H,7-8,14-15,17-20H2,1-6H3,(H2,38,40)/p+1/b25-13-. The third-order valence-electron chi connectivity index (χ3n) is 9.61. The molecule has 0 saturated carbocycles. The number of pyridine rings is 1.